The molecule has 0 spiro atoms. The van der Waals surface area contributed by atoms with Crippen LogP contribution in [0.25, 0.3) is 0 Å². The highest BCUT2D eigenvalue weighted by atomic mass is 32.1. The molecule has 84 valence electrons. The minimum Gasteiger partial charge on any atom is -0.383 e. The van der Waals surface area contributed by atoms with Crippen molar-refractivity contribution in [1.29, 1.82) is 0 Å². The molecular formula is C10H17N3OS. The molecule has 1 aliphatic rings. The first kappa shape index (κ1) is 10.9. The SMILES string of the molecule is COCC1CCCN1Cc1cnc(N)s1. The Bertz CT molecular complexity index is 315. The fraction of sp³-hybridized carbons (Fsp3) is 0.700. The van der Waals surface area contributed by atoms with Gasteiger partial charge in [-0.25, -0.2) is 4.98 Å². The summed E-state index contributed by atoms with van der Waals surface area (Å²) in [5.74, 6) is 0. The average Bonchev–Trinajstić information content (AvgIpc) is 2.78. The van der Waals surface area contributed by atoms with E-state index in [1.165, 1.54) is 17.7 Å². The Kier molecular flexibility index (Phi) is 3.56. The second kappa shape index (κ2) is 4.92. The number of hydrogen-bond donors (Lipinski definition) is 1. The molecule has 0 amide bonds. The molecule has 0 saturated carbocycles. The van der Waals surface area contributed by atoms with E-state index in [1.807, 2.05) is 6.20 Å². The first-order valence-electron chi connectivity index (χ1n) is 5.23. The van der Waals surface area contributed by atoms with E-state index in [2.05, 4.69) is 9.88 Å². The molecule has 15 heavy (non-hydrogen) atoms. The van der Waals surface area contributed by atoms with Crippen molar-refractivity contribution >= 4 is 16.5 Å². The van der Waals surface area contributed by atoms with Crippen LogP contribution in [0.5, 0.6) is 0 Å². The zero-order chi connectivity index (χ0) is 10.7. The van der Waals surface area contributed by atoms with Gasteiger partial charge in [-0.3, -0.25) is 4.90 Å². The fourth-order valence-corrected chi connectivity index (χ4v) is 2.79. The first-order valence-corrected chi connectivity index (χ1v) is 6.04. The van der Waals surface area contributed by atoms with Crippen LogP contribution >= 0.6 is 11.3 Å². The van der Waals surface area contributed by atoms with Crippen molar-refractivity contribution in [2.24, 2.45) is 0 Å². The largest absolute Gasteiger partial charge is 0.383 e. The second-order valence-corrected chi connectivity index (χ2v) is 5.03. The number of likely N-dealkylation sites (tertiary alicyclic amines) is 1. The summed E-state index contributed by atoms with van der Waals surface area (Å²) >= 11 is 1.58. The van der Waals surface area contributed by atoms with Crippen molar-refractivity contribution in [3.8, 4) is 0 Å². The minimum atomic E-state index is 0.568. The third kappa shape index (κ3) is 2.68. The molecule has 1 aromatic heterocycles. The number of hydrogen-bond acceptors (Lipinski definition) is 5. The van der Waals surface area contributed by atoms with Crippen molar-refractivity contribution < 1.29 is 4.74 Å². The molecule has 0 aliphatic carbocycles. The van der Waals surface area contributed by atoms with Gasteiger partial charge in [0.15, 0.2) is 5.13 Å². The summed E-state index contributed by atoms with van der Waals surface area (Å²) in [4.78, 5) is 7.77. The lowest BCUT2D eigenvalue weighted by Gasteiger charge is -2.22. The molecule has 2 N–H and O–H groups in total. The summed E-state index contributed by atoms with van der Waals surface area (Å²) in [6.07, 6.45) is 4.38. The molecule has 1 atom stereocenters. The van der Waals surface area contributed by atoms with Gasteiger partial charge in [0.25, 0.3) is 0 Å². The second-order valence-electron chi connectivity index (χ2n) is 3.89. The highest BCUT2D eigenvalue weighted by molar-refractivity contribution is 7.15. The predicted molar refractivity (Wildman–Crippen MR) is 61.8 cm³/mol. The number of ether oxygens (including phenoxy) is 1. The average molecular weight is 227 g/mol. The summed E-state index contributed by atoms with van der Waals surface area (Å²) < 4.78 is 5.22. The zero-order valence-corrected chi connectivity index (χ0v) is 9.80. The van der Waals surface area contributed by atoms with E-state index in [0.29, 0.717) is 11.2 Å². The Labute approximate surface area is 94.1 Å². The molecule has 0 bridgehead atoms. The van der Waals surface area contributed by atoms with E-state index in [-0.39, 0.29) is 0 Å². The van der Waals surface area contributed by atoms with E-state index < -0.39 is 0 Å². The Hall–Kier alpha value is -0.650. The van der Waals surface area contributed by atoms with Gasteiger partial charge in [-0.05, 0) is 19.4 Å². The quantitative estimate of drug-likeness (QED) is 0.843. The highest BCUT2D eigenvalue weighted by Gasteiger charge is 2.24. The lowest BCUT2D eigenvalue weighted by atomic mass is 10.2. The lowest BCUT2D eigenvalue weighted by molar-refractivity contribution is 0.112. The highest BCUT2D eigenvalue weighted by Crippen LogP contribution is 2.23. The Morgan fingerprint density at radius 1 is 1.73 bits per heavy atom. The van der Waals surface area contributed by atoms with Gasteiger partial charge in [0.05, 0.1) is 6.61 Å². The Balaban J connectivity index is 1.93. The maximum atomic E-state index is 5.61. The molecule has 4 nitrogen and oxygen atoms in total. The minimum absolute atomic E-state index is 0.568. The predicted octanol–water partition coefficient (Wildman–Crippen LogP) is 1.34. The van der Waals surface area contributed by atoms with Gasteiger partial charge in [0.1, 0.15) is 0 Å². The van der Waals surface area contributed by atoms with Gasteiger partial charge in [-0.2, -0.15) is 0 Å². The topological polar surface area (TPSA) is 51.4 Å². The van der Waals surface area contributed by atoms with Crippen molar-refractivity contribution in [3.05, 3.63) is 11.1 Å². The van der Waals surface area contributed by atoms with Crippen LogP contribution in [0.3, 0.4) is 0 Å². The standard InChI is InChI=1S/C10H17N3OS/c1-14-7-8-3-2-4-13(8)6-9-5-12-10(11)15-9/h5,8H,2-4,6-7H2,1H3,(H2,11,12). The molecule has 0 radical (unpaired) electrons. The summed E-state index contributed by atoms with van der Waals surface area (Å²) in [6.45, 7) is 2.95. The van der Waals surface area contributed by atoms with Crippen LogP contribution in [0.2, 0.25) is 0 Å². The number of rotatable bonds is 4. The third-order valence-electron chi connectivity index (χ3n) is 2.79. The van der Waals surface area contributed by atoms with Crippen molar-refractivity contribution in [3.63, 3.8) is 0 Å². The van der Waals surface area contributed by atoms with Crippen LogP contribution in [0, 0.1) is 0 Å². The van der Waals surface area contributed by atoms with Crippen molar-refractivity contribution in [2.75, 3.05) is 26.0 Å². The summed E-state index contributed by atoms with van der Waals surface area (Å²) in [6, 6.07) is 0.568. The van der Waals surface area contributed by atoms with Crippen molar-refractivity contribution in [1.82, 2.24) is 9.88 Å². The van der Waals surface area contributed by atoms with E-state index >= 15 is 0 Å². The first-order chi connectivity index (χ1) is 7.29. The summed E-state index contributed by atoms with van der Waals surface area (Å²) in [7, 11) is 1.77. The third-order valence-corrected chi connectivity index (χ3v) is 3.60. The van der Waals surface area contributed by atoms with Gasteiger partial charge in [0, 0.05) is 30.8 Å². The number of nitrogens with two attached hydrogens (primary N) is 1. The van der Waals surface area contributed by atoms with E-state index in [4.69, 9.17) is 10.5 Å². The van der Waals surface area contributed by atoms with Crippen LogP contribution in [0.4, 0.5) is 5.13 Å². The Morgan fingerprint density at radius 3 is 3.27 bits per heavy atom. The molecule has 2 rings (SSSR count). The van der Waals surface area contributed by atoms with Crippen molar-refractivity contribution in [2.45, 2.75) is 25.4 Å². The van der Waals surface area contributed by atoms with E-state index in [0.717, 1.165) is 19.7 Å². The number of nitrogen functional groups attached to an aromatic ring is 1. The number of methoxy groups -OCH3 is 1. The molecular weight excluding hydrogens is 210 g/mol. The van der Waals surface area contributed by atoms with Crippen LogP contribution in [-0.4, -0.2) is 36.2 Å². The van der Waals surface area contributed by atoms with Crippen LogP contribution in [0.15, 0.2) is 6.20 Å². The summed E-state index contributed by atoms with van der Waals surface area (Å²) in [5.41, 5.74) is 5.61. The van der Waals surface area contributed by atoms with Gasteiger partial charge in [-0.15, -0.1) is 11.3 Å². The maximum Gasteiger partial charge on any atom is 0.180 e. The number of anilines is 1. The van der Waals surface area contributed by atoms with Gasteiger partial charge < -0.3 is 10.5 Å². The number of aromatic nitrogens is 1. The van der Waals surface area contributed by atoms with Gasteiger partial charge >= 0.3 is 0 Å². The molecule has 1 aromatic rings. The molecule has 0 aromatic carbocycles. The fourth-order valence-electron chi connectivity index (χ4n) is 2.08. The lowest BCUT2D eigenvalue weighted by Crippen LogP contribution is -2.32. The van der Waals surface area contributed by atoms with Gasteiger partial charge in [0.2, 0.25) is 0 Å². The normalized spacial score (nSPS) is 22.3. The Morgan fingerprint density at radius 2 is 2.60 bits per heavy atom. The number of thiazole rings is 1. The van der Waals surface area contributed by atoms with E-state index in [9.17, 15) is 0 Å². The van der Waals surface area contributed by atoms with E-state index in [1.54, 1.807) is 18.4 Å². The van der Waals surface area contributed by atoms with Crippen LogP contribution in [-0.2, 0) is 11.3 Å². The monoisotopic (exact) mass is 227 g/mol. The summed E-state index contributed by atoms with van der Waals surface area (Å²) in [5, 5.41) is 0.660. The van der Waals surface area contributed by atoms with Crippen LogP contribution < -0.4 is 5.73 Å². The molecule has 1 aliphatic heterocycles. The molecule has 5 heteroatoms. The molecule has 1 fully saturated rings. The van der Waals surface area contributed by atoms with Crippen LogP contribution in [0.1, 0.15) is 17.7 Å². The smallest absolute Gasteiger partial charge is 0.180 e. The molecule has 1 unspecified atom stereocenters. The zero-order valence-electron chi connectivity index (χ0n) is 8.98. The van der Waals surface area contributed by atoms with Gasteiger partial charge in [-0.1, -0.05) is 0 Å². The molecule has 1 saturated heterocycles. The molecule has 2 heterocycles. The maximum absolute atomic E-state index is 5.61. The number of nitrogens with zero attached hydrogens (tertiary/aromatic N) is 2.